The van der Waals surface area contributed by atoms with Gasteiger partial charge in [0.2, 0.25) is 0 Å². The van der Waals surface area contributed by atoms with Crippen molar-refractivity contribution in [3.05, 3.63) is 23.8 Å². The van der Waals surface area contributed by atoms with Gasteiger partial charge in [-0.25, -0.2) is 4.79 Å². The molecule has 116 valence electrons. The predicted octanol–water partition coefficient (Wildman–Crippen LogP) is 1.78. The Bertz CT molecular complexity index is 519. The summed E-state index contributed by atoms with van der Waals surface area (Å²) < 4.78 is 15.1. The molecule has 0 spiro atoms. The lowest BCUT2D eigenvalue weighted by Gasteiger charge is -2.20. The maximum Gasteiger partial charge on any atom is 0.342 e. The molecule has 0 fully saturated rings. The highest BCUT2D eigenvalue weighted by molar-refractivity contribution is 5.94. The SMILES string of the molecule is COc1ccc(C(=O)OCC(=O)NC(C)(C)C)c(OC)c1. The number of carbonyl (C=O) groups is 2. The van der Waals surface area contributed by atoms with Crippen molar-refractivity contribution in [1.82, 2.24) is 5.32 Å². The van der Waals surface area contributed by atoms with Crippen LogP contribution in [-0.2, 0) is 9.53 Å². The van der Waals surface area contributed by atoms with Gasteiger partial charge in [0, 0.05) is 11.6 Å². The summed E-state index contributed by atoms with van der Waals surface area (Å²) in [4.78, 5) is 23.6. The van der Waals surface area contributed by atoms with Gasteiger partial charge in [0.25, 0.3) is 5.91 Å². The Morgan fingerprint density at radius 1 is 1.14 bits per heavy atom. The minimum Gasteiger partial charge on any atom is -0.497 e. The van der Waals surface area contributed by atoms with Crippen LogP contribution in [-0.4, -0.2) is 38.2 Å². The molecule has 1 N–H and O–H groups in total. The van der Waals surface area contributed by atoms with Crippen LogP contribution in [0.4, 0.5) is 0 Å². The molecule has 1 aromatic rings. The molecular formula is C15H21NO5. The van der Waals surface area contributed by atoms with Crippen LogP contribution in [0, 0.1) is 0 Å². The van der Waals surface area contributed by atoms with Gasteiger partial charge in [-0.3, -0.25) is 4.79 Å². The zero-order chi connectivity index (χ0) is 16.0. The summed E-state index contributed by atoms with van der Waals surface area (Å²) in [5, 5.41) is 2.71. The molecule has 0 radical (unpaired) electrons. The molecule has 0 aliphatic carbocycles. The van der Waals surface area contributed by atoms with E-state index in [9.17, 15) is 9.59 Å². The molecule has 0 aliphatic rings. The van der Waals surface area contributed by atoms with Crippen LogP contribution in [0.3, 0.4) is 0 Å². The molecule has 0 aliphatic heterocycles. The largest absolute Gasteiger partial charge is 0.497 e. The molecule has 0 unspecified atom stereocenters. The second kappa shape index (κ2) is 6.97. The smallest absolute Gasteiger partial charge is 0.342 e. The second-order valence-electron chi connectivity index (χ2n) is 5.44. The summed E-state index contributed by atoms with van der Waals surface area (Å²) in [5.74, 6) is -0.0913. The van der Waals surface area contributed by atoms with E-state index in [1.807, 2.05) is 20.8 Å². The first-order chi connectivity index (χ1) is 9.76. The summed E-state index contributed by atoms with van der Waals surface area (Å²) >= 11 is 0. The van der Waals surface area contributed by atoms with Gasteiger partial charge < -0.3 is 19.5 Å². The molecule has 0 saturated carbocycles. The van der Waals surface area contributed by atoms with E-state index >= 15 is 0 Å². The zero-order valence-corrected chi connectivity index (χ0v) is 13.0. The number of esters is 1. The van der Waals surface area contributed by atoms with E-state index in [1.165, 1.54) is 20.3 Å². The quantitative estimate of drug-likeness (QED) is 0.838. The van der Waals surface area contributed by atoms with Crippen molar-refractivity contribution in [3.8, 4) is 11.5 Å². The number of rotatable bonds is 5. The van der Waals surface area contributed by atoms with Crippen LogP contribution in [0.5, 0.6) is 11.5 Å². The number of nitrogens with one attached hydrogen (secondary N) is 1. The molecule has 0 saturated heterocycles. The Labute approximate surface area is 124 Å². The first kappa shape index (κ1) is 16.8. The van der Waals surface area contributed by atoms with Gasteiger partial charge in [-0.15, -0.1) is 0 Å². The minimum atomic E-state index is -0.626. The van der Waals surface area contributed by atoms with Crippen molar-refractivity contribution >= 4 is 11.9 Å². The normalized spacial score (nSPS) is 10.7. The van der Waals surface area contributed by atoms with E-state index in [0.29, 0.717) is 11.5 Å². The Hall–Kier alpha value is -2.24. The van der Waals surface area contributed by atoms with Gasteiger partial charge in [-0.05, 0) is 32.9 Å². The fourth-order valence-corrected chi connectivity index (χ4v) is 1.63. The zero-order valence-electron chi connectivity index (χ0n) is 13.0. The van der Waals surface area contributed by atoms with E-state index in [4.69, 9.17) is 14.2 Å². The van der Waals surface area contributed by atoms with E-state index in [0.717, 1.165) is 0 Å². The monoisotopic (exact) mass is 295 g/mol. The molecule has 1 rings (SSSR count). The molecule has 0 aromatic heterocycles. The Kier molecular flexibility index (Phi) is 5.58. The second-order valence-corrected chi connectivity index (χ2v) is 5.44. The lowest BCUT2D eigenvalue weighted by atomic mass is 10.1. The lowest BCUT2D eigenvalue weighted by Crippen LogP contribution is -2.42. The standard InChI is InChI=1S/C15H21NO5/c1-15(2,3)16-13(17)9-21-14(18)11-7-6-10(19-4)8-12(11)20-5/h6-8H,9H2,1-5H3,(H,16,17). The number of ether oxygens (including phenoxy) is 3. The van der Waals surface area contributed by atoms with Crippen molar-refractivity contribution in [3.63, 3.8) is 0 Å². The third kappa shape index (κ3) is 5.33. The summed E-state index contributed by atoms with van der Waals surface area (Å²) in [6.45, 7) is 5.20. The Morgan fingerprint density at radius 2 is 1.81 bits per heavy atom. The Morgan fingerprint density at radius 3 is 2.33 bits per heavy atom. The average Bonchev–Trinajstić information content (AvgIpc) is 2.42. The van der Waals surface area contributed by atoms with E-state index in [2.05, 4.69) is 5.32 Å². The number of methoxy groups -OCH3 is 2. The van der Waals surface area contributed by atoms with Gasteiger partial charge in [0.05, 0.1) is 14.2 Å². The first-order valence-corrected chi connectivity index (χ1v) is 6.47. The number of hydrogen-bond donors (Lipinski definition) is 1. The third-order valence-corrected chi connectivity index (χ3v) is 2.48. The van der Waals surface area contributed by atoms with Crippen LogP contribution < -0.4 is 14.8 Å². The van der Waals surface area contributed by atoms with Crippen LogP contribution in [0.15, 0.2) is 18.2 Å². The van der Waals surface area contributed by atoms with Crippen molar-refractivity contribution in [2.75, 3.05) is 20.8 Å². The molecule has 1 aromatic carbocycles. The van der Waals surface area contributed by atoms with Crippen molar-refractivity contribution in [2.24, 2.45) is 0 Å². The molecule has 0 heterocycles. The summed E-state index contributed by atoms with van der Waals surface area (Å²) in [5.41, 5.74) is -0.136. The molecule has 0 atom stereocenters. The van der Waals surface area contributed by atoms with Gasteiger partial charge in [-0.2, -0.15) is 0 Å². The van der Waals surface area contributed by atoms with Gasteiger partial charge in [0.15, 0.2) is 6.61 Å². The molecule has 6 heteroatoms. The molecule has 6 nitrogen and oxygen atoms in total. The summed E-state index contributed by atoms with van der Waals surface area (Å²) in [6.07, 6.45) is 0. The highest BCUT2D eigenvalue weighted by Crippen LogP contribution is 2.25. The maximum absolute atomic E-state index is 12.0. The van der Waals surface area contributed by atoms with Crippen molar-refractivity contribution < 1.29 is 23.8 Å². The van der Waals surface area contributed by atoms with Crippen LogP contribution in [0.1, 0.15) is 31.1 Å². The highest BCUT2D eigenvalue weighted by atomic mass is 16.5. The van der Waals surface area contributed by atoms with Gasteiger partial charge >= 0.3 is 5.97 Å². The Balaban J connectivity index is 2.70. The van der Waals surface area contributed by atoms with Crippen molar-refractivity contribution in [1.29, 1.82) is 0 Å². The third-order valence-electron chi connectivity index (χ3n) is 2.48. The van der Waals surface area contributed by atoms with E-state index in [-0.39, 0.29) is 23.6 Å². The minimum absolute atomic E-state index is 0.238. The lowest BCUT2D eigenvalue weighted by molar-refractivity contribution is -0.125. The average molecular weight is 295 g/mol. The molecule has 0 bridgehead atoms. The maximum atomic E-state index is 12.0. The number of hydrogen-bond acceptors (Lipinski definition) is 5. The first-order valence-electron chi connectivity index (χ1n) is 6.47. The van der Waals surface area contributed by atoms with Crippen LogP contribution in [0.25, 0.3) is 0 Å². The summed E-state index contributed by atoms with van der Waals surface area (Å²) in [6, 6.07) is 4.72. The van der Waals surface area contributed by atoms with Gasteiger partial charge in [0.1, 0.15) is 17.1 Å². The van der Waals surface area contributed by atoms with E-state index in [1.54, 1.807) is 12.1 Å². The van der Waals surface area contributed by atoms with Gasteiger partial charge in [-0.1, -0.05) is 0 Å². The van der Waals surface area contributed by atoms with Crippen LogP contribution >= 0.6 is 0 Å². The predicted molar refractivity (Wildman–Crippen MR) is 77.7 cm³/mol. The van der Waals surface area contributed by atoms with Crippen molar-refractivity contribution in [2.45, 2.75) is 26.3 Å². The summed E-state index contributed by atoms with van der Waals surface area (Å²) in [7, 11) is 2.96. The molecular weight excluding hydrogens is 274 g/mol. The van der Waals surface area contributed by atoms with Crippen LogP contribution in [0.2, 0.25) is 0 Å². The fraction of sp³-hybridized carbons (Fsp3) is 0.467. The van der Waals surface area contributed by atoms with E-state index < -0.39 is 5.97 Å². The molecule has 21 heavy (non-hydrogen) atoms. The number of carbonyl (C=O) groups excluding carboxylic acids is 2. The fourth-order valence-electron chi connectivity index (χ4n) is 1.63. The topological polar surface area (TPSA) is 73.9 Å². The number of benzene rings is 1. The highest BCUT2D eigenvalue weighted by Gasteiger charge is 2.18. The number of amides is 1. The molecule has 1 amide bonds.